The lowest BCUT2D eigenvalue weighted by Gasteiger charge is -2.65. The van der Waals surface area contributed by atoms with Gasteiger partial charge < -0.3 is 19.3 Å². The van der Waals surface area contributed by atoms with Crippen LogP contribution in [0.3, 0.4) is 0 Å². The molecule has 0 aromatic rings. The lowest BCUT2D eigenvalue weighted by molar-refractivity contribution is -0.225. The molecule has 5 rings (SSSR count). The van der Waals surface area contributed by atoms with Crippen LogP contribution in [0.2, 0.25) is 0 Å². The molecule has 4 nitrogen and oxygen atoms in total. The summed E-state index contributed by atoms with van der Waals surface area (Å²) in [4.78, 5) is 0. The van der Waals surface area contributed by atoms with Crippen LogP contribution in [0.25, 0.3) is 0 Å². The van der Waals surface area contributed by atoms with Crippen molar-refractivity contribution in [2.75, 3.05) is 14.2 Å². The van der Waals surface area contributed by atoms with Gasteiger partial charge in [0.25, 0.3) is 0 Å². The van der Waals surface area contributed by atoms with Crippen molar-refractivity contribution in [1.82, 2.24) is 0 Å². The van der Waals surface area contributed by atoms with Crippen molar-refractivity contribution in [3.63, 3.8) is 0 Å². The first-order valence-corrected chi connectivity index (χ1v) is 14.6. The third-order valence-electron chi connectivity index (χ3n) is 12.8. The third kappa shape index (κ3) is 3.20. The fourth-order valence-electron chi connectivity index (χ4n) is 10.6. The van der Waals surface area contributed by atoms with Gasteiger partial charge in [-0.1, -0.05) is 58.4 Å². The number of methoxy groups -OCH3 is 2. The molecule has 4 aliphatic carbocycles. The van der Waals surface area contributed by atoms with E-state index < -0.39 is 5.60 Å². The van der Waals surface area contributed by atoms with E-state index in [0.29, 0.717) is 23.7 Å². The Labute approximate surface area is 220 Å². The summed E-state index contributed by atoms with van der Waals surface area (Å²) in [5.41, 5.74) is 1.04. The van der Waals surface area contributed by atoms with Gasteiger partial charge in [-0.15, -0.1) is 0 Å². The van der Waals surface area contributed by atoms with Crippen LogP contribution in [0, 0.1) is 45.3 Å². The van der Waals surface area contributed by atoms with E-state index >= 15 is 0 Å². The zero-order valence-electron chi connectivity index (χ0n) is 24.4. The van der Waals surface area contributed by atoms with Gasteiger partial charge in [0.05, 0.1) is 12.2 Å². The second kappa shape index (κ2) is 8.66. The van der Waals surface area contributed by atoms with Crippen LogP contribution in [-0.2, 0) is 14.2 Å². The fourth-order valence-corrected chi connectivity index (χ4v) is 10.6. The molecule has 0 unspecified atom stereocenters. The van der Waals surface area contributed by atoms with Crippen LogP contribution in [0.1, 0.15) is 93.4 Å². The Bertz CT molecular complexity index is 919. The summed E-state index contributed by atoms with van der Waals surface area (Å²) in [6.07, 6.45) is 14.8. The first-order valence-electron chi connectivity index (χ1n) is 14.6. The van der Waals surface area contributed by atoms with Crippen LogP contribution in [0.4, 0.5) is 0 Å². The van der Waals surface area contributed by atoms with Crippen molar-refractivity contribution in [3.05, 3.63) is 23.8 Å². The third-order valence-corrected chi connectivity index (χ3v) is 12.8. The molecule has 4 fully saturated rings. The Morgan fingerprint density at radius 3 is 2.42 bits per heavy atom. The van der Waals surface area contributed by atoms with Crippen molar-refractivity contribution in [3.8, 4) is 0 Å². The molecule has 0 aromatic heterocycles. The summed E-state index contributed by atoms with van der Waals surface area (Å²) in [5, 5.41) is 11.1. The molecule has 0 aromatic carbocycles. The summed E-state index contributed by atoms with van der Waals surface area (Å²) >= 11 is 0. The number of rotatable bonds is 6. The number of aliphatic hydroxyl groups excluding tert-OH is 1. The maximum Gasteiger partial charge on any atom is 0.164 e. The highest BCUT2D eigenvalue weighted by Crippen LogP contribution is 2.78. The van der Waals surface area contributed by atoms with E-state index in [4.69, 9.17) is 14.2 Å². The van der Waals surface area contributed by atoms with Gasteiger partial charge in [0.15, 0.2) is 6.29 Å². The molecule has 4 heteroatoms. The molecule has 204 valence electrons. The minimum Gasteiger partial charge on any atom is -0.392 e. The second-order valence-corrected chi connectivity index (χ2v) is 14.5. The molecule has 2 bridgehead atoms. The predicted molar refractivity (Wildman–Crippen MR) is 144 cm³/mol. The molecule has 1 N–H and O–H groups in total. The Balaban J connectivity index is 1.52. The highest BCUT2D eigenvalue weighted by molar-refractivity contribution is 5.34. The first kappa shape index (κ1) is 26.9. The molecule has 3 saturated carbocycles. The van der Waals surface area contributed by atoms with Crippen LogP contribution >= 0.6 is 0 Å². The number of aliphatic hydroxyl groups is 1. The smallest absolute Gasteiger partial charge is 0.164 e. The first-order chi connectivity index (χ1) is 16.8. The molecule has 11 atom stereocenters. The predicted octanol–water partition coefficient (Wildman–Crippen LogP) is 6.92. The van der Waals surface area contributed by atoms with Crippen molar-refractivity contribution < 1.29 is 19.3 Å². The van der Waals surface area contributed by atoms with Crippen molar-refractivity contribution in [2.24, 2.45) is 45.3 Å². The molecule has 1 spiro atoms. The number of ether oxygens (including phenoxy) is 3. The zero-order chi connectivity index (χ0) is 26.3. The number of fused-ring (bicyclic) bond motifs is 2. The van der Waals surface area contributed by atoms with E-state index in [-0.39, 0.29) is 40.2 Å². The summed E-state index contributed by atoms with van der Waals surface area (Å²) in [6.45, 7) is 16.4. The molecular formula is C32H52O4. The molecular weight excluding hydrogens is 448 g/mol. The Kier molecular flexibility index (Phi) is 6.48. The van der Waals surface area contributed by atoms with Gasteiger partial charge in [-0.05, 0) is 87.4 Å². The molecule has 1 heterocycles. The lowest BCUT2D eigenvalue weighted by Crippen LogP contribution is -2.65. The van der Waals surface area contributed by atoms with Gasteiger partial charge in [-0.2, -0.15) is 0 Å². The number of allylic oxidation sites excluding steroid dienone is 2. The maximum atomic E-state index is 11.1. The van der Waals surface area contributed by atoms with Gasteiger partial charge in [0, 0.05) is 31.0 Å². The van der Waals surface area contributed by atoms with Crippen LogP contribution in [-0.4, -0.2) is 43.4 Å². The maximum absolute atomic E-state index is 11.1. The summed E-state index contributed by atoms with van der Waals surface area (Å²) < 4.78 is 19.1. The second-order valence-electron chi connectivity index (χ2n) is 14.5. The van der Waals surface area contributed by atoms with Crippen LogP contribution in [0.5, 0.6) is 0 Å². The summed E-state index contributed by atoms with van der Waals surface area (Å²) in [5.74, 6) is 2.14. The van der Waals surface area contributed by atoms with Gasteiger partial charge in [-0.3, -0.25) is 0 Å². The average molecular weight is 501 g/mol. The van der Waals surface area contributed by atoms with Crippen molar-refractivity contribution in [1.29, 1.82) is 0 Å². The largest absolute Gasteiger partial charge is 0.392 e. The fraction of sp³-hybridized carbons (Fsp3) is 0.875. The SMILES string of the molecule is CO[C@@H]1O[C@]23C=C[C@@H]4[C@@]1(CC[C@]1(C)[C@@H]([C@H](C)C[C@@H](C=C(C)C)OC)CC[C@@]41C)[C@@H]2CC[C@H](O)C3(C)C. The number of hydrogen-bond donors (Lipinski definition) is 1. The van der Waals surface area contributed by atoms with E-state index in [1.807, 2.05) is 14.2 Å². The Morgan fingerprint density at radius 1 is 1.06 bits per heavy atom. The van der Waals surface area contributed by atoms with E-state index in [2.05, 4.69) is 66.7 Å². The van der Waals surface area contributed by atoms with E-state index in [1.165, 1.54) is 24.8 Å². The summed E-state index contributed by atoms with van der Waals surface area (Å²) in [6, 6.07) is 0. The highest BCUT2D eigenvalue weighted by Gasteiger charge is 2.78. The van der Waals surface area contributed by atoms with E-state index in [9.17, 15) is 5.11 Å². The number of hydrogen-bond acceptors (Lipinski definition) is 4. The average Bonchev–Trinajstić information content (AvgIpc) is 3.19. The Hall–Kier alpha value is -0.680. The molecule has 1 aliphatic heterocycles. The zero-order valence-corrected chi connectivity index (χ0v) is 24.4. The molecule has 0 amide bonds. The van der Waals surface area contributed by atoms with E-state index in [1.54, 1.807) is 0 Å². The topological polar surface area (TPSA) is 47.9 Å². The van der Waals surface area contributed by atoms with Crippen LogP contribution < -0.4 is 0 Å². The lowest BCUT2D eigenvalue weighted by atomic mass is 9.38. The summed E-state index contributed by atoms with van der Waals surface area (Å²) in [7, 11) is 3.70. The van der Waals surface area contributed by atoms with Crippen LogP contribution in [0.15, 0.2) is 23.8 Å². The monoisotopic (exact) mass is 500 g/mol. The minimum atomic E-state index is -0.437. The molecule has 0 radical (unpaired) electrons. The Morgan fingerprint density at radius 2 is 1.78 bits per heavy atom. The normalized spacial score (nSPS) is 50.1. The molecule has 5 aliphatic rings. The highest BCUT2D eigenvalue weighted by atomic mass is 16.7. The van der Waals surface area contributed by atoms with Crippen molar-refractivity contribution >= 4 is 0 Å². The van der Waals surface area contributed by atoms with Gasteiger partial charge >= 0.3 is 0 Å². The standard InChI is InChI=1S/C32H52O4/c1-20(2)18-22(34-8)19-21(3)23-12-14-30(7)24-13-15-32-25(10-11-26(33)28(32,4)5)31(24,27(35-9)36-32)17-16-29(23,30)6/h13,15,18,21-27,33H,10-12,14,16-17,19H2,1-9H3/t21-,22-,23-,24+,25+,26+,27-,29-,30+,31+,32-/m1/s1. The van der Waals surface area contributed by atoms with Gasteiger partial charge in [0.1, 0.15) is 5.60 Å². The van der Waals surface area contributed by atoms with Crippen molar-refractivity contribution in [2.45, 2.75) is 118 Å². The van der Waals surface area contributed by atoms with Gasteiger partial charge in [0.2, 0.25) is 0 Å². The van der Waals surface area contributed by atoms with Gasteiger partial charge in [-0.25, -0.2) is 0 Å². The quantitative estimate of drug-likeness (QED) is 0.402. The van der Waals surface area contributed by atoms with E-state index in [0.717, 1.165) is 25.7 Å². The minimum absolute atomic E-state index is 0.00950. The molecule has 1 saturated heterocycles. The molecule has 36 heavy (non-hydrogen) atoms.